The molecular formula is C8H12N2O3. The van der Waals surface area contributed by atoms with Crippen LogP contribution in [0.2, 0.25) is 0 Å². The van der Waals surface area contributed by atoms with Crippen LogP contribution in [-0.2, 0) is 14.4 Å². The summed E-state index contributed by atoms with van der Waals surface area (Å²) in [6, 6.07) is -0.528. The van der Waals surface area contributed by atoms with Gasteiger partial charge in [0, 0.05) is 20.4 Å². The summed E-state index contributed by atoms with van der Waals surface area (Å²) < 4.78 is 0. The van der Waals surface area contributed by atoms with Crippen molar-refractivity contribution >= 4 is 17.7 Å². The Bertz CT molecular complexity index is 262. The van der Waals surface area contributed by atoms with Crippen LogP contribution >= 0.6 is 0 Å². The first-order valence-electron chi connectivity index (χ1n) is 4.10. The van der Waals surface area contributed by atoms with E-state index < -0.39 is 6.04 Å². The Labute approximate surface area is 76.1 Å². The lowest BCUT2D eigenvalue weighted by molar-refractivity contribution is -0.149. The lowest BCUT2D eigenvalue weighted by Crippen LogP contribution is -2.52. The van der Waals surface area contributed by atoms with Gasteiger partial charge in [0.05, 0.1) is 0 Å². The molecule has 1 heterocycles. The SMILES string of the molecule is CC(=O)NC1CCC(=O)N(C)C1=O. The Hall–Kier alpha value is -1.39. The molecule has 1 fully saturated rings. The minimum Gasteiger partial charge on any atom is -0.345 e. The molecule has 1 rings (SSSR count). The number of hydrogen-bond donors (Lipinski definition) is 1. The van der Waals surface area contributed by atoms with Gasteiger partial charge in [-0.1, -0.05) is 0 Å². The molecule has 0 aromatic carbocycles. The van der Waals surface area contributed by atoms with Crippen LogP contribution in [0, 0.1) is 0 Å². The normalized spacial score (nSPS) is 23.2. The molecule has 72 valence electrons. The monoisotopic (exact) mass is 184 g/mol. The molecule has 13 heavy (non-hydrogen) atoms. The smallest absolute Gasteiger partial charge is 0.251 e. The molecule has 1 atom stereocenters. The molecule has 0 aliphatic carbocycles. The number of nitrogens with one attached hydrogen (secondary N) is 1. The first-order chi connectivity index (χ1) is 6.02. The predicted molar refractivity (Wildman–Crippen MR) is 44.6 cm³/mol. The number of piperidine rings is 1. The van der Waals surface area contributed by atoms with Crippen LogP contribution in [0.5, 0.6) is 0 Å². The van der Waals surface area contributed by atoms with E-state index in [4.69, 9.17) is 0 Å². The maximum atomic E-state index is 11.4. The van der Waals surface area contributed by atoms with Gasteiger partial charge in [0.25, 0.3) is 5.91 Å². The van der Waals surface area contributed by atoms with E-state index in [0.717, 1.165) is 4.90 Å². The number of likely N-dealkylation sites (N-methyl/N-ethyl adjacent to an activating group) is 1. The van der Waals surface area contributed by atoms with Crippen LogP contribution in [-0.4, -0.2) is 35.7 Å². The summed E-state index contributed by atoms with van der Waals surface area (Å²) in [7, 11) is 1.43. The third kappa shape index (κ3) is 2.05. The molecule has 0 bridgehead atoms. The van der Waals surface area contributed by atoms with Gasteiger partial charge < -0.3 is 5.32 Å². The molecule has 3 amide bonds. The van der Waals surface area contributed by atoms with Crippen LogP contribution in [0.25, 0.3) is 0 Å². The average Bonchev–Trinajstić information content (AvgIpc) is 2.06. The van der Waals surface area contributed by atoms with E-state index in [0.29, 0.717) is 12.8 Å². The van der Waals surface area contributed by atoms with Crippen molar-refractivity contribution in [1.82, 2.24) is 10.2 Å². The summed E-state index contributed by atoms with van der Waals surface area (Å²) in [5.41, 5.74) is 0. The van der Waals surface area contributed by atoms with Gasteiger partial charge in [0.2, 0.25) is 11.8 Å². The second-order valence-electron chi connectivity index (χ2n) is 3.08. The molecule has 5 heteroatoms. The zero-order valence-electron chi connectivity index (χ0n) is 7.66. The zero-order valence-corrected chi connectivity index (χ0v) is 7.66. The van der Waals surface area contributed by atoms with Gasteiger partial charge in [0.15, 0.2) is 0 Å². The maximum absolute atomic E-state index is 11.4. The van der Waals surface area contributed by atoms with Crippen molar-refractivity contribution in [2.24, 2.45) is 0 Å². The molecule has 0 spiro atoms. The van der Waals surface area contributed by atoms with Gasteiger partial charge in [-0.15, -0.1) is 0 Å². The number of carbonyl (C=O) groups is 3. The van der Waals surface area contributed by atoms with E-state index in [1.165, 1.54) is 14.0 Å². The highest BCUT2D eigenvalue weighted by atomic mass is 16.2. The van der Waals surface area contributed by atoms with Crippen molar-refractivity contribution < 1.29 is 14.4 Å². The molecule has 1 aliphatic heterocycles. The molecule has 1 N–H and O–H groups in total. The summed E-state index contributed by atoms with van der Waals surface area (Å²) in [6.07, 6.45) is 0.717. The van der Waals surface area contributed by atoms with Gasteiger partial charge in [-0.3, -0.25) is 19.3 Å². The highest BCUT2D eigenvalue weighted by molar-refractivity contribution is 6.01. The van der Waals surface area contributed by atoms with Crippen LogP contribution in [0.4, 0.5) is 0 Å². The summed E-state index contributed by atoms with van der Waals surface area (Å²) in [4.78, 5) is 34.1. The molecule has 0 aromatic heterocycles. The average molecular weight is 184 g/mol. The van der Waals surface area contributed by atoms with Crippen molar-refractivity contribution in [3.8, 4) is 0 Å². The molecule has 0 saturated carbocycles. The summed E-state index contributed by atoms with van der Waals surface area (Å²) in [6.45, 7) is 1.35. The van der Waals surface area contributed by atoms with E-state index in [9.17, 15) is 14.4 Å². The Balaban J connectivity index is 2.64. The molecule has 0 aromatic rings. The minimum absolute atomic E-state index is 0.188. The highest BCUT2D eigenvalue weighted by Gasteiger charge is 2.31. The summed E-state index contributed by atoms with van der Waals surface area (Å²) in [5.74, 6) is -0.765. The zero-order chi connectivity index (χ0) is 10.0. The number of likely N-dealkylation sites (tertiary alicyclic amines) is 1. The quantitative estimate of drug-likeness (QED) is 0.546. The Kier molecular flexibility index (Phi) is 2.65. The van der Waals surface area contributed by atoms with Crippen LogP contribution in [0.3, 0.4) is 0 Å². The first kappa shape index (κ1) is 9.70. The molecule has 1 aliphatic rings. The molecule has 5 nitrogen and oxygen atoms in total. The van der Waals surface area contributed by atoms with E-state index in [-0.39, 0.29) is 17.7 Å². The molecule has 1 saturated heterocycles. The number of carbonyl (C=O) groups excluding carboxylic acids is 3. The first-order valence-corrected chi connectivity index (χ1v) is 4.10. The lowest BCUT2D eigenvalue weighted by atomic mass is 10.0. The fourth-order valence-electron chi connectivity index (χ4n) is 1.29. The van der Waals surface area contributed by atoms with Crippen molar-refractivity contribution in [3.05, 3.63) is 0 Å². The van der Waals surface area contributed by atoms with E-state index in [1.807, 2.05) is 0 Å². The van der Waals surface area contributed by atoms with Gasteiger partial charge in [-0.05, 0) is 6.42 Å². The minimum atomic E-state index is -0.528. The van der Waals surface area contributed by atoms with E-state index in [1.54, 1.807) is 0 Å². The van der Waals surface area contributed by atoms with Crippen LogP contribution < -0.4 is 5.32 Å². The van der Waals surface area contributed by atoms with Crippen molar-refractivity contribution in [1.29, 1.82) is 0 Å². The standard InChI is InChI=1S/C8H12N2O3/c1-5(11)9-6-3-4-7(12)10(2)8(6)13/h6H,3-4H2,1-2H3,(H,9,11). The van der Waals surface area contributed by atoms with Crippen LogP contribution in [0.1, 0.15) is 19.8 Å². The topological polar surface area (TPSA) is 66.5 Å². The van der Waals surface area contributed by atoms with Gasteiger partial charge in [0.1, 0.15) is 6.04 Å². The third-order valence-electron chi connectivity index (χ3n) is 2.03. The van der Waals surface area contributed by atoms with Crippen LogP contribution in [0.15, 0.2) is 0 Å². The van der Waals surface area contributed by atoms with Crippen molar-refractivity contribution in [2.45, 2.75) is 25.8 Å². The molecule has 0 radical (unpaired) electrons. The number of rotatable bonds is 1. The second-order valence-corrected chi connectivity index (χ2v) is 3.08. The summed E-state index contributed by atoms with van der Waals surface area (Å²) >= 11 is 0. The van der Waals surface area contributed by atoms with E-state index >= 15 is 0 Å². The lowest BCUT2D eigenvalue weighted by Gasteiger charge is -2.27. The van der Waals surface area contributed by atoms with Gasteiger partial charge in [-0.2, -0.15) is 0 Å². The van der Waals surface area contributed by atoms with E-state index in [2.05, 4.69) is 5.32 Å². The predicted octanol–water partition coefficient (Wildman–Crippen LogP) is -0.730. The fourth-order valence-corrected chi connectivity index (χ4v) is 1.29. The summed E-state index contributed by atoms with van der Waals surface area (Å²) in [5, 5.41) is 2.50. The maximum Gasteiger partial charge on any atom is 0.251 e. The second kappa shape index (κ2) is 3.55. The highest BCUT2D eigenvalue weighted by Crippen LogP contribution is 2.10. The van der Waals surface area contributed by atoms with Gasteiger partial charge in [-0.25, -0.2) is 0 Å². The molecular weight excluding hydrogens is 172 g/mol. The number of amides is 3. The van der Waals surface area contributed by atoms with Gasteiger partial charge >= 0.3 is 0 Å². The largest absolute Gasteiger partial charge is 0.345 e. The Morgan fingerprint density at radius 3 is 2.69 bits per heavy atom. The number of nitrogens with zero attached hydrogens (tertiary/aromatic N) is 1. The van der Waals surface area contributed by atoms with Crippen molar-refractivity contribution in [2.75, 3.05) is 7.05 Å². The molecule has 1 unspecified atom stereocenters. The number of hydrogen-bond acceptors (Lipinski definition) is 3. The fraction of sp³-hybridized carbons (Fsp3) is 0.625. The third-order valence-corrected chi connectivity index (χ3v) is 2.03. The Morgan fingerprint density at radius 1 is 1.54 bits per heavy atom. The van der Waals surface area contributed by atoms with Crippen molar-refractivity contribution in [3.63, 3.8) is 0 Å². The number of imide groups is 1. The Morgan fingerprint density at radius 2 is 2.15 bits per heavy atom.